The first-order valence-corrected chi connectivity index (χ1v) is 7.70. The van der Waals surface area contributed by atoms with Gasteiger partial charge >= 0.3 is 6.03 Å². The molecule has 2 N–H and O–H groups in total. The maximum absolute atomic E-state index is 11.8. The van der Waals surface area contributed by atoms with Crippen molar-refractivity contribution in [2.45, 2.75) is 20.3 Å². The van der Waals surface area contributed by atoms with E-state index in [0.717, 1.165) is 22.1 Å². The third-order valence-electron chi connectivity index (χ3n) is 3.24. The van der Waals surface area contributed by atoms with Crippen molar-refractivity contribution in [2.24, 2.45) is 0 Å². The Morgan fingerprint density at radius 3 is 2.48 bits per heavy atom. The molecule has 0 fully saturated rings. The Kier molecular flexibility index (Phi) is 5.39. The van der Waals surface area contributed by atoms with Crippen LogP contribution in [0.15, 0.2) is 46.9 Å². The van der Waals surface area contributed by atoms with E-state index in [4.69, 9.17) is 0 Å². The quantitative estimate of drug-likeness (QED) is 0.844. The van der Waals surface area contributed by atoms with Gasteiger partial charge < -0.3 is 10.6 Å². The van der Waals surface area contributed by atoms with Gasteiger partial charge in [0.1, 0.15) is 0 Å². The molecule has 0 spiro atoms. The second-order valence-corrected chi connectivity index (χ2v) is 5.93. The van der Waals surface area contributed by atoms with Crippen molar-refractivity contribution in [3.8, 4) is 0 Å². The van der Waals surface area contributed by atoms with Crippen LogP contribution < -0.4 is 10.6 Å². The lowest BCUT2D eigenvalue weighted by atomic mass is 10.1. The van der Waals surface area contributed by atoms with E-state index >= 15 is 0 Å². The van der Waals surface area contributed by atoms with Gasteiger partial charge in [0.2, 0.25) is 0 Å². The van der Waals surface area contributed by atoms with Gasteiger partial charge in [-0.15, -0.1) is 0 Å². The zero-order valence-electron chi connectivity index (χ0n) is 12.2. The summed E-state index contributed by atoms with van der Waals surface area (Å²) in [7, 11) is 0. The number of rotatable bonds is 4. The van der Waals surface area contributed by atoms with E-state index in [1.807, 2.05) is 25.1 Å². The molecule has 0 heterocycles. The lowest BCUT2D eigenvalue weighted by Crippen LogP contribution is -2.30. The van der Waals surface area contributed by atoms with Gasteiger partial charge in [0.05, 0.1) is 0 Å². The normalized spacial score (nSPS) is 10.2. The summed E-state index contributed by atoms with van der Waals surface area (Å²) in [5.41, 5.74) is 4.35. The van der Waals surface area contributed by atoms with Crippen molar-refractivity contribution in [2.75, 3.05) is 11.9 Å². The summed E-state index contributed by atoms with van der Waals surface area (Å²) in [5, 5.41) is 5.70. The first-order valence-electron chi connectivity index (χ1n) is 6.91. The molecule has 110 valence electrons. The molecule has 4 heteroatoms. The van der Waals surface area contributed by atoms with E-state index < -0.39 is 0 Å². The maximum atomic E-state index is 11.8. The Hall–Kier alpha value is -1.81. The lowest BCUT2D eigenvalue weighted by Gasteiger charge is -2.09. The molecule has 0 aliphatic carbocycles. The summed E-state index contributed by atoms with van der Waals surface area (Å²) < 4.78 is 1.04. The fraction of sp³-hybridized carbons (Fsp3) is 0.235. The molecule has 0 bridgehead atoms. The van der Waals surface area contributed by atoms with E-state index in [0.29, 0.717) is 6.54 Å². The molecule has 2 aromatic carbocycles. The number of aryl methyl sites for hydroxylation is 2. The fourth-order valence-corrected chi connectivity index (χ4v) is 2.22. The molecule has 2 aromatic rings. The van der Waals surface area contributed by atoms with Crippen LogP contribution in [0.5, 0.6) is 0 Å². The van der Waals surface area contributed by atoms with Crippen molar-refractivity contribution in [3.05, 3.63) is 63.6 Å². The number of hydrogen-bond donors (Lipinski definition) is 2. The molecule has 2 amide bonds. The third kappa shape index (κ3) is 4.90. The second kappa shape index (κ2) is 7.27. The van der Waals surface area contributed by atoms with Crippen LogP contribution in [-0.2, 0) is 6.42 Å². The average Bonchev–Trinajstić information content (AvgIpc) is 2.45. The van der Waals surface area contributed by atoms with Gasteiger partial charge in [-0.1, -0.05) is 45.8 Å². The number of amides is 2. The molecule has 0 saturated carbocycles. The number of hydrogen-bond acceptors (Lipinski definition) is 1. The highest BCUT2D eigenvalue weighted by Gasteiger charge is 2.03. The molecular weight excluding hydrogens is 328 g/mol. The monoisotopic (exact) mass is 346 g/mol. The molecule has 2 rings (SSSR count). The second-order valence-electron chi connectivity index (χ2n) is 5.08. The van der Waals surface area contributed by atoms with Crippen LogP contribution in [0, 0.1) is 13.8 Å². The number of urea groups is 1. The number of carbonyl (C=O) groups is 1. The Morgan fingerprint density at radius 2 is 1.81 bits per heavy atom. The molecule has 21 heavy (non-hydrogen) atoms. The van der Waals surface area contributed by atoms with Crippen molar-refractivity contribution >= 4 is 27.6 Å². The zero-order valence-corrected chi connectivity index (χ0v) is 13.8. The minimum atomic E-state index is -0.177. The summed E-state index contributed by atoms with van der Waals surface area (Å²) in [6, 6.07) is 13.9. The topological polar surface area (TPSA) is 41.1 Å². The summed E-state index contributed by atoms with van der Waals surface area (Å²) in [5.74, 6) is 0. The van der Waals surface area contributed by atoms with E-state index in [-0.39, 0.29) is 6.03 Å². The number of benzene rings is 2. The van der Waals surface area contributed by atoms with Crippen molar-refractivity contribution in [1.82, 2.24) is 5.32 Å². The number of anilines is 1. The number of carbonyl (C=O) groups excluding carboxylic acids is 1. The molecule has 0 aromatic heterocycles. The number of halogens is 1. The fourth-order valence-electron chi connectivity index (χ4n) is 1.97. The predicted molar refractivity (Wildman–Crippen MR) is 90.8 cm³/mol. The van der Waals surface area contributed by atoms with Crippen LogP contribution in [0.3, 0.4) is 0 Å². The SMILES string of the molecule is Cc1ccc(CCNC(=O)Nc2ccc(Br)c(C)c2)cc1. The Balaban J connectivity index is 1.79. The van der Waals surface area contributed by atoms with Gasteiger partial charge in [-0.3, -0.25) is 0 Å². The van der Waals surface area contributed by atoms with Gasteiger partial charge in [-0.05, 0) is 49.6 Å². The van der Waals surface area contributed by atoms with Gasteiger partial charge in [-0.2, -0.15) is 0 Å². The molecule has 0 aliphatic heterocycles. The van der Waals surface area contributed by atoms with Gasteiger partial charge in [0, 0.05) is 16.7 Å². The Labute approximate surface area is 133 Å². The van der Waals surface area contributed by atoms with Crippen LogP contribution in [0.1, 0.15) is 16.7 Å². The summed E-state index contributed by atoms with van der Waals surface area (Å²) in [4.78, 5) is 11.8. The predicted octanol–water partition coefficient (Wildman–Crippen LogP) is 4.43. The van der Waals surface area contributed by atoms with Crippen LogP contribution in [-0.4, -0.2) is 12.6 Å². The molecule has 0 saturated heterocycles. The molecule has 0 radical (unpaired) electrons. The molecule has 0 unspecified atom stereocenters. The highest BCUT2D eigenvalue weighted by Crippen LogP contribution is 2.19. The Morgan fingerprint density at radius 1 is 1.10 bits per heavy atom. The molecule has 3 nitrogen and oxygen atoms in total. The highest BCUT2D eigenvalue weighted by molar-refractivity contribution is 9.10. The smallest absolute Gasteiger partial charge is 0.319 e. The van der Waals surface area contributed by atoms with Crippen LogP contribution in [0.4, 0.5) is 10.5 Å². The highest BCUT2D eigenvalue weighted by atomic mass is 79.9. The lowest BCUT2D eigenvalue weighted by molar-refractivity contribution is 0.252. The first-order chi connectivity index (χ1) is 10.0. The van der Waals surface area contributed by atoms with Gasteiger partial charge in [0.25, 0.3) is 0 Å². The van der Waals surface area contributed by atoms with E-state index in [1.54, 1.807) is 0 Å². The average molecular weight is 347 g/mol. The Bertz CT molecular complexity index is 623. The molecule has 0 atom stereocenters. The maximum Gasteiger partial charge on any atom is 0.319 e. The van der Waals surface area contributed by atoms with Crippen molar-refractivity contribution in [3.63, 3.8) is 0 Å². The third-order valence-corrected chi connectivity index (χ3v) is 4.13. The minimum absolute atomic E-state index is 0.177. The first kappa shape index (κ1) is 15.6. The van der Waals surface area contributed by atoms with Crippen LogP contribution in [0.2, 0.25) is 0 Å². The van der Waals surface area contributed by atoms with Crippen molar-refractivity contribution < 1.29 is 4.79 Å². The molecular formula is C17H19BrN2O. The largest absolute Gasteiger partial charge is 0.338 e. The summed E-state index contributed by atoms with van der Waals surface area (Å²) in [6.07, 6.45) is 0.826. The zero-order chi connectivity index (χ0) is 15.2. The van der Waals surface area contributed by atoms with Crippen LogP contribution in [0.25, 0.3) is 0 Å². The standard InChI is InChI=1S/C17H19BrN2O/c1-12-3-5-14(6-4-12)9-10-19-17(21)20-15-7-8-16(18)13(2)11-15/h3-8,11H,9-10H2,1-2H3,(H2,19,20,21). The minimum Gasteiger partial charge on any atom is -0.338 e. The van der Waals surface area contributed by atoms with Gasteiger partial charge in [-0.25, -0.2) is 4.79 Å². The van der Waals surface area contributed by atoms with Crippen molar-refractivity contribution in [1.29, 1.82) is 0 Å². The van der Waals surface area contributed by atoms with E-state index in [1.165, 1.54) is 11.1 Å². The molecule has 0 aliphatic rings. The summed E-state index contributed by atoms with van der Waals surface area (Å²) in [6.45, 7) is 4.67. The number of nitrogens with one attached hydrogen (secondary N) is 2. The van der Waals surface area contributed by atoms with Crippen LogP contribution >= 0.6 is 15.9 Å². The van der Waals surface area contributed by atoms with E-state index in [2.05, 4.69) is 57.8 Å². The summed E-state index contributed by atoms with van der Waals surface area (Å²) >= 11 is 3.44. The van der Waals surface area contributed by atoms with Gasteiger partial charge in [0.15, 0.2) is 0 Å². The van der Waals surface area contributed by atoms with E-state index in [9.17, 15) is 4.79 Å².